The smallest absolute Gasteiger partial charge is 0.430 e. The number of carbonyl (C=O) groups is 4. The molecule has 1 aromatic heterocycles. The SMILES string of the molecule is CC[C@H](C[C@H](C)CC/C=C\[C@@H]1C[C@@]12CC2C(=O)NS(=O)(=O)C1(C)CC1)[C@H](NC(=O)OC1(C(F)(F)F)CCCOC1)C(=O)N1C[C@H](Oc2nc(OC)cc3cc(OC)c(F)cc23)C[C@H]1C(N)=O. The monoisotopic (exact) mass is 953 g/mol. The average molecular weight is 954 g/mol. The Labute approximate surface area is 381 Å². The lowest BCUT2D eigenvalue weighted by molar-refractivity contribution is -0.285. The zero-order valence-corrected chi connectivity index (χ0v) is 38.5. The van der Waals surface area contributed by atoms with Gasteiger partial charge in [-0.05, 0) is 99.0 Å². The summed E-state index contributed by atoms with van der Waals surface area (Å²) in [6.07, 6.45) is 0.316. The zero-order valence-electron chi connectivity index (χ0n) is 37.7. The summed E-state index contributed by atoms with van der Waals surface area (Å²) in [7, 11) is -1.03. The number of aromatic nitrogens is 1. The van der Waals surface area contributed by atoms with Crippen LogP contribution in [0, 0.1) is 34.9 Å². The maximum atomic E-state index is 14.9. The van der Waals surface area contributed by atoms with Gasteiger partial charge in [0.1, 0.15) is 18.2 Å². The Kier molecular flexibility index (Phi) is 13.8. The molecule has 0 radical (unpaired) electrons. The number of allylic oxidation sites excluding steroid dienone is 2. The predicted molar refractivity (Wildman–Crippen MR) is 230 cm³/mol. The van der Waals surface area contributed by atoms with Crippen LogP contribution >= 0.6 is 0 Å². The number of nitrogens with one attached hydrogen (secondary N) is 2. The second-order valence-corrected chi connectivity index (χ2v) is 21.2. The molecule has 3 saturated carbocycles. The lowest BCUT2D eigenvalue weighted by Crippen LogP contribution is -2.59. The number of primary amides is 1. The summed E-state index contributed by atoms with van der Waals surface area (Å²) in [5.41, 5.74) is 2.68. The van der Waals surface area contributed by atoms with Crippen molar-refractivity contribution < 1.29 is 68.8 Å². The lowest BCUT2D eigenvalue weighted by Gasteiger charge is -2.38. The Balaban J connectivity index is 1.05. The Morgan fingerprint density at radius 2 is 1.85 bits per heavy atom. The van der Waals surface area contributed by atoms with E-state index >= 15 is 0 Å². The van der Waals surface area contributed by atoms with Crippen molar-refractivity contribution in [2.24, 2.45) is 34.8 Å². The van der Waals surface area contributed by atoms with E-state index in [0.29, 0.717) is 43.9 Å². The van der Waals surface area contributed by atoms with E-state index in [1.165, 1.54) is 20.3 Å². The normalized spacial score (nSPS) is 28.0. The number of alkyl halides is 3. The number of rotatable bonds is 19. The fourth-order valence-electron chi connectivity index (χ4n) is 9.64. The fraction of sp³-hybridized carbons (Fsp3) is 0.667. The number of hydrogen-bond acceptors (Lipinski definition) is 12. The van der Waals surface area contributed by atoms with Gasteiger partial charge in [-0.1, -0.05) is 32.4 Å². The first-order valence-electron chi connectivity index (χ1n) is 22.5. The van der Waals surface area contributed by atoms with Crippen molar-refractivity contribution in [2.75, 3.05) is 34.0 Å². The van der Waals surface area contributed by atoms with Gasteiger partial charge in [0.2, 0.25) is 45.1 Å². The molecule has 364 valence electrons. The van der Waals surface area contributed by atoms with E-state index < -0.39 is 93.3 Å². The number of ether oxygens (including phenoxy) is 5. The van der Waals surface area contributed by atoms with Gasteiger partial charge in [-0.25, -0.2) is 17.6 Å². The second kappa shape index (κ2) is 18.6. The molecule has 2 unspecified atom stereocenters. The third-order valence-corrected chi connectivity index (χ3v) is 16.5. The summed E-state index contributed by atoms with van der Waals surface area (Å²) in [6, 6.07) is 1.40. The summed E-state index contributed by atoms with van der Waals surface area (Å²) < 4.78 is 112. The molecule has 5 fully saturated rings. The molecule has 2 saturated heterocycles. The Morgan fingerprint density at radius 1 is 1.11 bits per heavy atom. The van der Waals surface area contributed by atoms with Crippen LogP contribution in [-0.2, 0) is 33.9 Å². The number of halogens is 4. The quantitative estimate of drug-likeness (QED) is 0.112. The van der Waals surface area contributed by atoms with Crippen LogP contribution in [0.5, 0.6) is 17.5 Å². The number of methoxy groups -OCH3 is 2. The van der Waals surface area contributed by atoms with Gasteiger partial charge in [0.15, 0.2) is 11.6 Å². The number of sulfonamides is 1. The second-order valence-electron chi connectivity index (χ2n) is 19.0. The number of fused-ring (bicyclic) bond motifs is 1. The summed E-state index contributed by atoms with van der Waals surface area (Å²) >= 11 is 0. The molecule has 66 heavy (non-hydrogen) atoms. The highest BCUT2D eigenvalue weighted by Gasteiger charge is 2.72. The highest BCUT2D eigenvalue weighted by Crippen LogP contribution is 2.75. The molecule has 2 aromatic rings. The molecular weight excluding hydrogens is 895 g/mol. The van der Waals surface area contributed by atoms with Gasteiger partial charge in [-0.15, -0.1) is 0 Å². The molecule has 4 N–H and O–H groups in total. The summed E-state index contributed by atoms with van der Waals surface area (Å²) in [5, 5.41) is 3.15. The number of pyridine rings is 1. The Morgan fingerprint density at radius 3 is 2.47 bits per heavy atom. The van der Waals surface area contributed by atoms with E-state index in [9.17, 15) is 45.2 Å². The highest BCUT2D eigenvalue weighted by atomic mass is 32.2. The van der Waals surface area contributed by atoms with Crippen molar-refractivity contribution in [1.82, 2.24) is 19.9 Å². The van der Waals surface area contributed by atoms with Crippen molar-refractivity contribution in [3.8, 4) is 17.5 Å². The molecular formula is C45H59F4N5O11S. The van der Waals surface area contributed by atoms with E-state index in [2.05, 4.69) is 21.1 Å². The van der Waals surface area contributed by atoms with E-state index in [4.69, 9.17) is 29.4 Å². The van der Waals surface area contributed by atoms with Gasteiger partial charge < -0.3 is 39.6 Å². The molecule has 4 amide bonds. The minimum absolute atomic E-state index is 0.0206. The number of nitrogens with zero attached hydrogens (tertiary/aromatic N) is 2. The van der Waals surface area contributed by atoms with Gasteiger partial charge >= 0.3 is 12.3 Å². The van der Waals surface area contributed by atoms with Crippen molar-refractivity contribution in [2.45, 2.75) is 126 Å². The Bertz CT molecular complexity index is 2340. The maximum Gasteiger partial charge on any atom is 0.430 e. The van der Waals surface area contributed by atoms with Gasteiger partial charge in [0, 0.05) is 36.8 Å². The summed E-state index contributed by atoms with van der Waals surface area (Å²) in [5.74, 6) is -3.76. The van der Waals surface area contributed by atoms with E-state index in [-0.39, 0.29) is 78.5 Å². The topological polar surface area (TPSA) is 215 Å². The number of hydrogen-bond donors (Lipinski definition) is 3. The van der Waals surface area contributed by atoms with E-state index in [1.54, 1.807) is 19.9 Å². The van der Waals surface area contributed by atoms with Crippen LogP contribution in [0.1, 0.15) is 91.4 Å². The van der Waals surface area contributed by atoms with E-state index in [1.807, 2.05) is 13.0 Å². The summed E-state index contributed by atoms with van der Waals surface area (Å²) in [6.45, 7) is 4.24. The number of alkyl carbamates (subject to hydrolysis) is 1. The third-order valence-electron chi connectivity index (χ3n) is 14.3. The predicted octanol–water partition coefficient (Wildman–Crippen LogP) is 5.84. The molecule has 1 spiro atoms. The molecule has 7 rings (SSSR count). The molecule has 3 heterocycles. The van der Waals surface area contributed by atoms with Crippen molar-refractivity contribution in [1.29, 1.82) is 0 Å². The van der Waals surface area contributed by atoms with Gasteiger partial charge in [0.25, 0.3) is 0 Å². The first-order chi connectivity index (χ1) is 31.1. The maximum absolute atomic E-state index is 14.9. The number of carbonyl (C=O) groups excluding carboxylic acids is 4. The average Bonchev–Trinajstić information content (AvgIpc) is 4.23. The molecule has 0 bridgehead atoms. The third kappa shape index (κ3) is 10.0. The Hall–Kier alpha value is -4.92. The first kappa shape index (κ1) is 49.0. The molecule has 3 aliphatic carbocycles. The molecule has 5 aliphatic rings. The molecule has 21 heteroatoms. The van der Waals surface area contributed by atoms with Crippen molar-refractivity contribution in [3.05, 3.63) is 36.2 Å². The molecule has 1 aromatic carbocycles. The number of amides is 4. The fourth-order valence-corrected chi connectivity index (χ4v) is 10.9. The van der Waals surface area contributed by atoms with Crippen LogP contribution in [0.15, 0.2) is 30.4 Å². The zero-order chi connectivity index (χ0) is 48.0. The van der Waals surface area contributed by atoms with Crippen LogP contribution in [0.3, 0.4) is 0 Å². The standard InChI is InChI=1S/C45H59F4N5O11S/c1-6-26(16-25(2)10-7-8-11-28-21-43(28)22-31(43)38(56)53-66(59,60)42(3)13-14-42)36(52-41(58)65-44(45(47,48)49)12-9-15-63-24-44)40(57)54-23-29(19-33(54)37(50)55)64-39-30-20-32(46)34(61-4)17-27(30)18-35(51-39)62-5/h8,11,17-18,20,25-26,28-29,31,33,36H,6-7,9-10,12-16,19,21-24H2,1-5H3,(H2,50,55)(H,52,58)(H,53,56)/b11-8-/t25-,26-,28-,29-,31?,33+,36+,43-,44?/m1/s1. The van der Waals surface area contributed by atoms with Crippen LogP contribution in [-0.4, -0.2) is 111 Å². The van der Waals surface area contributed by atoms with Crippen LogP contribution in [0.25, 0.3) is 10.8 Å². The minimum atomic E-state index is -4.98. The summed E-state index contributed by atoms with van der Waals surface area (Å²) in [4.78, 5) is 59.6. The molecule has 16 nitrogen and oxygen atoms in total. The molecule has 9 atom stereocenters. The van der Waals surface area contributed by atoms with Gasteiger partial charge in [-0.3, -0.25) is 19.1 Å². The van der Waals surface area contributed by atoms with Gasteiger partial charge in [-0.2, -0.15) is 18.2 Å². The van der Waals surface area contributed by atoms with Gasteiger partial charge in [0.05, 0.1) is 32.1 Å². The number of likely N-dealkylation sites (tertiary alicyclic amines) is 1. The number of benzene rings is 1. The van der Waals surface area contributed by atoms with Crippen LogP contribution in [0.4, 0.5) is 22.4 Å². The number of nitrogens with two attached hydrogens (primary N) is 1. The van der Waals surface area contributed by atoms with Crippen LogP contribution < -0.4 is 30.0 Å². The van der Waals surface area contributed by atoms with Crippen molar-refractivity contribution in [3.63, 3.8) is 0 Å². The highest BCUT2D eigenvalue weighted by molar-refractivity contribution is 7.91. The minimum Gasteiger partial charge on any atom is -0.494 e. The largest absolute Gasteiger partial charge is 0.494 e. The van der Waals surface area contributed by atoms with Crippen LogP contribution in [0.2, 0.25) is 0 Å². The molecule has 2 aliphatic heterocycles. The first-order valence-corrected chi connectivity index (χ1v) is 23.9. The van der Waals surface area contributed by atoms with Crippen molar-refractivity contribution >= 4 is 44.6 Å². The lowest BCUT2D eigenvalue weighted by atomic mass is 9.85. The van der Waals surface area contributed by atoms with E-state index in [0.717, 1.165) is 17.4 Å².